The van der Waals surface area contributed by atoms with Gasteiger partial charge >= 0.3 is 0 Å². The summed E-state index contributed by atoms with van der Waals surface area (Å²) in [6, 6.07) is 23.6. The number of benzene rings is 3. The van der Waals surface area contributed by atoms with E-state index < -0.39 is 0 Å². The van der Waals surface area contributed by atoms with Crippen LogP contribution in [0.2, 0.25) is 5.02 Å². The monoisotopic (exact) mass is 462 g/mol. The van der Waals surface area contributed by atoms with Gasteiger partial charge in [0.15, 0.2) is 5.16 Å². The Kier molecular flexibility index (Phi) is 6.68. The molecule has 4 rings (SSSR count). The van der Waals surface area contributed by atoms with E-state index in [1.165, 1.54) is 16.3 Å². The largest absolute Gasteiger partial charge is 0.272 e. The Bertz CT molecular complexity index is 1350. The van der Waals surface area contributed by atoms with Crippen LogP contribution in [-0.4, -0.2) is 26.9 Å². The first-order chi connectivity index (χ1) is 15.5. The third-order valence-corrected chi connectivity index (χ3v) is 5.89. The van der Waals surface area contributed by atoms with Gasteiger partial charge in [-0.15, -0.1) is 0 Å². The number of nitrogens with zero attached hydrogens (tertiary/aromatic N) is 3. The molecule has 0 radical (unpaired) electrons. The van der Waals surface area contributed by atoms with Crippen LogP contribution in [0.1, 0.15) is 12.5 Å². The first-order valence-electron chi connectivity index (χ1n) is 9.82. The van der Waals surface area contributed by atoms with E-state index in [9.17, 15) is 9.59 Å². The molecule has 1 N–H and O–H groups in total. The van der Waals surface area contributed by atoms with E-state index in [-0.39, 0.29) is 17.2 Å². The molecule has 3 aromatic carbocycles. The Hall–Kier alpha value is -3.42. The highest BCUT2D eigenvalue weighted by molar-refractivity contribution is 7.99. The zero-order valence-corrected chi connectivity index (χ0v) is 18.7. The average Bonchev–Trinajstić information content (AvgIpc) is 2.82. The van der Waals surface area contributed by atoms with Crippen molar-refractivity contribution in [2.45, 2.75) is 12.1 Å². The number of fused-ring (bicyclic) bond motifs is 1. The van der Waals surface area contributed by atoms with Crippen molar-refractivity contribution in [2.75, 3.05) is 5.75 Å². The normalized spacial score (nSPS) is 11.5. The number of amides is 1. The summed E-state index contributed by atoms with van der Waals surface area (Å²) < 4.78 is 1.50. The molecule has 8 heteroatoms. The van der Waals surface area contributed by atoms with Crippen LogP contribution in [0.5, 0.6) is 0 Å². The van der Waals surface area contributed by atoms with Gasteiger partial charge in [0.25, 0.3) is 11.5 Å². The lowest BCUT2D eigenvalue weighted by molar-refractivity contribution is -0.118. The molecular formula is C24H19ClN4O2S. The van der Waals surface area contributed by atoms with E-state index in [1.54, 1.807) is 42.5 Å². The number of hydrogen-bond donors (Lipinski definition) is 1. The van der Waals surface area contributed by atoms with E-state index in [4.69, 9.17) is 11.6 Å². The highest BCUT2D eigenvalue weighted by atomic mass is 35.5. The van der Waals surface area contributed by atoms with Gasteiger partial charge in [-0.25, -0.2) is 10.4 Å². The molecule has 0 fully saturated rings. The molecule has 0 bridgehead atoms. The Morgan fingerprint density at radius 1 is 1.03 bits per heavy atom. The highest BCUT2D eigenvalue weighted by Crippen LogP contribution is 2.22. The van der Waals surface area contributed by atoms with E-state index >= 15 is 0 Å². The third kappa shape index (κ3) is 4.90. The van der Waals surface area contributed by atoms with Gasteiger partial charge in [0, 0.05) is 5.02 Å². The molecular weight excluding hydrogens is 444 g/mol. The van der Waals surface area contributed by atoms with Gasteiger partial charge in [0.1, 0.15) is 0 Å². The summed E-state index contributed by atoms with van der Waals surface area (Å²) in [5.41, 5.74) is 5.18. The lowest BCUT2D eigenvalue weighted by atomic mass is 10.1. The van der Waals surface area contributed by atoms with Crippen LogP contribution in [0, 0.1) is 0 Å². The summed E-state index contributed by atoms with van der Waals surface area (Å²) in [5, 5.41) is 5.64. The van der Waals surface area contributed by atoms with Crippen molar-refractivity contribution in [1.82, 2.24) is 15.0 Å². The quantitative estimate of drug-likeness (QED) is 0.195. The van der Waals surface area contributed by atoms with Crippen molar-refractivity contribution in [3.05, 3.63) is 99.8 Å². The molecule has 0 aliphatic carbocycles. The fourth-order valence-corrected chi connectivity index (χ4v) is 4.01. The number of aromatic nitrogens is 2. The predicted octanol–water partition coefficient (Wildman–Crippen LogP) is 4.67. The molecule has 1 heterocycles. The van der Waals surface area contributed by atoms with Crippen molar-refractivity contribution >= 4 is 45.9 Å². The number of halogens is 1. The molecule has 0 aliphatic rings. The molecule has 6 nitrogen and oxygen atoms in total. The Labute approximate surface area is 194 Å². The SMILES string of the molecule is C/C(=N\NC(=O)CSc1nc2ccccc2c(=O)n1-c1ccc(Cl)cc1)c1ccccc1. The lowest BCUT2D eigenvalue weighted by Crippen LogP contribution is -2.24. The van der Waals surface area contributed by atoms with Gasteiger partial charge in [-0.3, -0.25) is 14.2 Å². The Morgan fingerprint density at radius 2 is 1.72 bits per heavy atom. The first kappa shape index (κ1) is 21.8. The summed E-state index contributed by atoms with van der Waals surface area (Å²) >= 11 is 7.18. The lowest BCUT2D eigenvalue weighted by Gasteiger charge is -2.13. The average molecular weight is 463 g/mol. The van der Waals surface area contributed by atoms with Gasteiger partial charge in [0.2, 0.25) is 0 Å². The fourth-order valence-electron chi connectivity index (χ4n) is 3.08. The molecule has 0 saturated carbocycles. The van der Waals surface area contributed by atoms with Gasteiger partial charge in [-0.1, -0.05) is 65.8 Å². The van der Waals surface area contributed by atoms with Gasteiger partial charge in [-0.2, -0.15) is 5.10 Å². The zero-order valence-electron chi connectivity index (χ0n) is 17.2. The molecule has 4 aromatic rings. The van der Waals surface area contributed by atoms with Crippen molar-refractivity contribution in [3.63, 3.8) is 0 Å². The maximum Gasteiger partial charge on any atom is 0.266 e. The number of hydrazone groups is 1. The molecule has 0 unspecified atom stereocenters. The maximum absolute atomic E-state index is 13.2. The van der Waals surface area contributed by atoms with Crippen LogP contribution >= 0.6 is 23.4 Å². The van der Waals surface area contributed by atoms with E-state index in [2.05, 4.69) is 15.5 Å². The van der Waals surface area contributed by atoms with E-state index in [1.807, 2.05) is 43.3 Å². The summed E-state index contributed by atoms with van der Waals surface area (Å²) in [6.07, 6.45) is 0. The van der Waals surface area contributed by atoms with E-state index in [0.29, 0.717) is 32.5 Å². The molecule has 1 amide bonds. The second-order valence-electron chi connectivity index (χ2n) is 6.92. The summed E-state index contributed by atoms with van der Waals surface area (Å²) in [7, 11) is 0. The van der Waals surface area contributed by atoms with Crippen molar-refractivity contribution in [2.24, 2.45) is 5.10 Å². The topological polar surface area (TPSA) is 76.3 Å². The molecule has 160 valence electrons. The van der Waals surface area contributed by atoms with Crippen LogP contribution in [0.25, 0.3) is 16.6 Å². The minimum atomic E-state index is -0.296. The second kappa shape index (κ2) is 9.80. The number of hydrogen-bond acceptors (Lipinski definition) is 5. The van der Waals surface area contributed by atoms with Crippen molar-refractivity contribution in [1.29, 1.82) is 0 Å². The number of thioether (sulfide) groups is 1. The highest BCUT2D eigenvalue weighted by Gasteiger charge is 2.15. The first-order valence-corrected chi connectivity index (χ1v) is 11.2. The number of para-hydroxylation sites is 1. The van der Waals surface area contributed by atoms with Crippen LogP contribution in [0.4, 0.5) is 0 Å². The van der Waals surface area contributed by atoms with Gasteiger partial charge in [-0.05, 0) is 48.9 Å². The molecule has 1 aromatic heterocycles. The molecule has 32 heavy (non-hydrogen) atoms. The van der Waals surface area contributed by atoms with Crippen molar-refractivity contribution in [3.8, 4) is 5.69 Å². The predicted molar refractivity (Wildman–Crippen MR) is 130 cm³/mol. The number of nitrogens with one attached hydrogen (secondary N) is 1. The smallest absolute Gasteiger partial charge is 0.266 e. The Balaban J connectivity index is 1.59. The maximum atomic E-state index is 13.2. The number of carbonyl (C=O) groups is 1. The summed E-state index contributed by atoms with van der Waals surface area (Å²) in [6.45, 7) is 1.83. The molecule has 0 atom stereocenters. The van der Waals surface area contributed by atoms with Crippen LogP contribution in [0.3, 0.4) is 0 Å². The Morgan fingerprint density at radius 3 is 2.47 bits per heavy atom. The minimum Gasteiger partial charge on any atom is -0.272 e. The molecule has 0 aliphatic heterocycles. The summed E-state index contributed by atoms with van der Waals surface area (Å²) in [5.74, 6) is -0.250. The van der Waals surface area contributed by atoms with E-state index in [0.717, 1.165) is 5.56 Å². The standard InChI is InChI=1S/C24H19ClN4O2S/c1-16(17-7-3-2-4-8-17)27-28-22(30)15-32-24-26-21-10-6-5-9-20(21)23(31)29(24)19-13-11-18(25)12-14-19/h2-14H,15H2,1H3,(H,28,30)/b27-16+. The van der Waals surface area contributed by atoms with Crippen LogP contribution in [-0.2, 0) is 4.79 Å². The number of rotatable bonds is 6. The van der Waals surface area contributed by atoms with Crippen LogP contribution < -0.4 is 11.0 Å². The summed E-state index contributed by atoms with van der Waals surface area (Å²) in [4.78, 5) is 30.3. The fraction of sp³-hybridized carbons (Fsp3) is 0.0833. The van der Waals surface area contributed by atoms with Crippen LogP contribution in [0.15, 0.2) is 93.9 Å². The van der Waals surface area contributed by atoms with Gasteiger partial charge < -0.3 is 0 Å². The zero-order chi connectivity index (χ0) is 22.5. The van der Waals surface area contributed by atoms with Gasteiger partial charge in [0.05, 0.1) is 28.1 Å². The second-order valence-corrected chi connectivity index (χ2v) is 8.29. The van der Waals surface area contributed by atoms with Crippen molar-refractivity contribution < 1.29 is 4.79 Å². The minimum absolute atomic E-state index is 0.0456. The third-order valence-electron chi connectivity index (χ3n) is 4.70. The molecule has 0 spiro atoms. The molecule has 0 saturated heterocycles. The number of carbonyl (C=O) groups excluding carboxylic acids is 1.